The zero-order chi connectivity index (χ0) is 15.3. The van der Waals surface area contributed by atoms with Crippen LogP contribution < -0.4 is 0 Å². The van der Waals surface area contributed by atoms with E-state index < -0.39 is 5.60 Å². The quantitative estimate of drug-likeness (QED) is 0.887. The third kappa shape index (κ3) is 4.11. The Kier molecular flexibility index (Phi) is 5.54. The Balaban J connectivity index is 1.56. The molecule has 2 heteroatoms. The third-order valence-electron chi connectivity index (χ3n) is 5.79. The summed E-state index contributed by atoms with van der Waals surface area (Å²) in [5, 5.41) is 11.2. The van der Waals surface area contributed by atoms with Crippen LogP contribution in [0.5, 0.6) is 0 Å². The van der Waals surface area contributed by atoms with Gasteiger partial charge in [-0.1, -0.05) is 49.6 Å². The molecule has 1 heterocycles. The van der Waals surface area contributed by atoms with Crippen LogP contribution in [0.1, 0.15) is 56.9 Å². The van der Waals surface area contributed by atoms with Crippen LogP contribution >= 0.6 is 0 Å². The standard InChI is InChI=1S/C20H31NO/c22-20(14-12-18-9-4-3-5-10-18)13-8-11-19(20)17-21-15-6-1-2-7-16-21/h3-5,9-10,19,22H,1-2,6-8,11-17H2. The molecule has 0 amide bonds. The smallest absolute Gasteiger partial charge is 0.0691 e. The van der Waals surface area contributed by atoms with E-state index in [1.165, 1.54) is 57.2 Å². The summed E-state index contributed by atoms with van der Waals surface area (Å²) in [7, 11) is 0. The van der Waals surface area contributed by atoms with Gasteiger partial charge in [-0.05, 0) is 57.2 Å². The summed E-state index contributed by atoms with van der Waals surface area (Å²) in [5.41, 5.74) is 0.929. The Hall–Kier alpha value is -0.860. The Morgan fingerprint density at radius 1 is 1.00 bits per heavy atom. The van der Waals surface area contributed by atoms with Crippen molar-refractivity contribution < 1.29 is 5.11 Å². The van der Waals surface area contributed by atoms with Gasteiger partial charge in [-0.15, -0.1) is 0 Å². The summed E-state index contributed by atoms with van der Waals surface area (Å²) < 4.78 is 0. The maximum absolute atomic E-state index is 11.2. The van der Waals surface area contributed by atoms with Gasteiger partial charge in [0.1, 0.15) is 0 Å². The second-order valence-electron chi connectivity index (χ2n) is 7.39. The first-order valence-electron chi connectivity index (χ1n) is 9.25. The molecule has 2 fully saturated rings. The van der Waals surface area contributed by atoms with Crippen LogP contribution in [0.25, 0.3) is 0 Å². The molecular weight excluding hydrogens is 270 g/mol. The van der Waals surface area contributed by atoms with E-state index >= 15 is 0 Å². The van der Waals surface area contributed by atoms with Crippen molar-refractivity contribution in [3.63, 3.8) is 0 Å². The van der Waals surface area contributed by atoms with Gasteiger partial charge in [0.25, 0.3) is 0 Å². The molecule has 1 saturated carbocycles. The topological polar surface area (TPSA) is 23.5 Å². The van der Waals surface area contributed by atoms with E-state index in [2.05, 4.69) is 35.2 Å². The van der Waals surface area contributed by atoms with Gasteiger partial charge in [0, 0.05) is 12.5 Å². The lowest BCUT2D eigenvalue weighted by atomic mass is 9.85. The number of hydrogen-bond donors (Lipinski definition) is 1. The van der Waals surface area contributed by atoms with Crippen molar-refractivity contribution in [1.82, 2.24) is 4.90 Å². The lowest BCUT2D eigenvalue weighted by Gasteiger charge is -2.34. The molecule has 2 atom stereocenters. The highest BCUT2D eigenvalue weighted by atomic mass is 16.3. The number of hydrogen-bond acceptors (Lipinski definition) is 2. The van der Waals surface area contributed by atoms with E-state index in [1.54, 1.807) is 0 Å². The van der Waals surface area contributed by atoms with Crippen LogP contribution in [0.15, 0.2) is 30.3 Å². The second kappa shape index (κ2) is 7.61. The molecule has 1 N–H and O–H groups in total. The molecule has 2 nitrogen and oxygen atoms in total. The van der Waals surface area contributed by atoms with Gasteiger partial charge in [-0.2, -0.15) is 0 Å². The fraction of sp³-hybridized carbons (Fsp3) is 0.700. The molecule has 1 aliphatic carbocycles. The Morgan fingerprint density at radius 3 is 2.45 bits per heavy atom. The Bertz CT molecular complexity index is 438. The number of likely N-dealkylation sites (tertiary alicyclic amines) is 1. The second-order valence-corrected chi connectivity index (χ2v) is 7.39. The summed E-state index contributed by atoms with van der Waals surface area (Å²) in [4.78, 5) is 2.62. The third-order valence-corrected chi connectivity index (χ3v) is 5.79. The van der Waals surface area contributed by atoms with Crippen LogP contribution in [0, 0.1) is 5.92 Å². The van der Waals surface area contributed by atoms with Crippen LogP contribution in [-0.2, 0) is 6.42 Å². The zero-order valence-corrected chi connectivity index (χ0v) is 13.8. The highest BCUT2D eigenvalue weighted by Crippen LogP contribution is 2.39. The van der Waals surface area contributed by atoms with E-state index in [1.807, 2.05) is 0 Å². The molecule has 1 saturated heterocycles. The molecule has 3 rings (SSSR count). The molecule has 0 bridgehead atoms. The first kappa shape index (κ1) is 16.0. The van der Waals surface area contributed by atoms with Crippen molar-refractivity contribution in [3.05, 3.63) is 35.9 Å². The van der Waals surface area contributed by atoms with Crippen molar-refractivity contribution in [2.45, 2.75) is 63.4 Å². The Morgan fingerprint density at radius 2 is 1.73 bits per heavy atom. The monoisotopic (exact) mass is 301 g/mol. The molecule has 0 spiro atoms. The van der Waals surface area contributed by atoms with Crippen LogP contribution in [0.2, 0.25) is 0 Å². The molecule has 122 valence electrons. The highest BCUT2D eigenvalue weighted by molar-refractivity contribution is 5.15. The molecule has 0 aromatic heterocycles. The average Bonchev–Trinajstić information content (AvgIpc) is 2.75. The van der Waals surface area contributed by atoms with Gasteiger partial charge in [-0.3, -0.25) is 0 Å². The maximum Gasteiger partial charge on any atom is 0.0691 e. The zero-order valence-electron chi connectivity index (χ0n) is 13.8. The van der Waals surface area contributed by atoms with Gasteiger partial charge >= 0.3 is 0 Å². The summed E-state index contributed by atoms with van der Waals surface area (Å²) >= 11 is 0. The minimum Gasteiger partial charge on any atom is -0.390 e. The fourth-order valence-corrected chi connectivity index (χ4v) is 4.35. The van der Waals surface area contributed by atoms with Gasteiger partial charge in [0.2, 0.25) is 0 Å². The molecule has 2 unspecified atom stereocenters. The minimum atomic E-state index is -0.428. The van der Waals surface area contributed by atoms with E-state index in [0.717, 1.165) is 25.8 Å². The molecule has 1 aliphatic heterocycles. The SMILES string of the molecule is OC1(CCc2ccccc2)CCCC1CN1CCCCCC1. The van der Waals surface area contributed by atoms with Crippen LogP contribution in [-0.4, -0.2) is 35.2 Å². The summed E-state index contributed by atoms with van der Waals surface area (Å²) in [5.74, 6) is 0.481. The van der Waals surface area contributed by atoms with Gasteiger partial charge in [0.15, 0.2) is 0 Å². The summed E-state index contributed by atoms with van der Waals surface area (Å²) in [6.45, 7) is 3.60. The van der Waals surface area contributed by atoms with E-state index in [9.17, 15) is 5.11 Å². The molecule has 0 radical (unpaired) electrons. The van der Waals surface area contributed by atoms with Crippen molar-refractivity contribution >= 4 is 0 Å². The predicted octanol–water partition coefficient (Wildman–Crippen LogP) is 4.03. The molecule has 1 aromatic rings. The molecule has 22 heavy (non-hydrogen) atoms. The van der Waals surface area contributed by atoms with Crippen molar-refractivity contribution in [2.24, 2.45) is 5.92 Å². The number of aryl methyl sites for hydroxylation is 1. The molecular formula is C20H31NO. The molecule has 1 aromatic carbocycles. The number of aliphatic hydroxyl groups is 1. The lowest BCUT2D eigenvalue weighted by molar-refractivity contribution is -0.0175. The first-order valence-corrected chi connectivity index (χ1v) is 9.25. The van der Waals surface area contributed by atoms with Gasteiger partial charge in [-0.25, -0.2) is 0 Å². The fourth-order valence-electron chi connectivity index (χ4n) is 4.35. The van der Waals surface area contributed by atoms with Crippen molar-refractivity contribution in [1.29, 1.82) is 0 Å². The largest absolute Gasteiger partial charge is 0.390 e. The van der Waals surface area contributed by atoms with Crippen LogP contribution in [0.3, 0.4) is 0 Å². The average molecular weight is 301 g/mol. The van der Waals surface area contributed by atoms with E-state index in [0.29, 0.717) is 5.92 Å². The van der Waals surface area contributed by atoms with Crippen molar-refractivity contribution in [2.75, 3.05) is 19.6 Å². The maximum atomic E-state index is 11.2. The number of nitrogens with zero attached hydrogens (tertiary/aromatic N) is 1. The number of benzene rings is 1. The molecule has 2 aliphatic rings. The predicted molar refractivity (Wildman–Crippen MR) is 92.0 cm³/mol. The van der Waals surface area contributed by atoms with Crippen LogP contribution in [0.4, 0.5) is 0 Å². The van der Waals surface area contributed by atoms with Gasteiger partial charge in [0.05, 0.1) is 5.60 Å². The highest BCUT2D eigenvalue weighted by Gasteiger charge is 2.41. The number of rotatable bonds is 5. The first-order chi connectivity index (χ1) is 10.8. The van der Waals surface area contributed by atoms with Gasteiger partial charge < -0.3 is 10.0 Å². The minimum absolute atomic E-state index is 0.428. The summed E-state index contributed by atoms with van der Waals surface area (Å²) in [6, 6.07) is 10.6. The van der Waals surface area contributed by atoms with E-state index in [4.69, 9.17) is 0 Å². The van der Waals surface area contributed by atoms with Crippen molar-refractivity contribution in [3.8, 4) is 0 Å². The Labute approximate surface area is 135 Å². The van der Waals surface area contributed by atoms with E-state index in [-0.39, 0.29) is 0 Å². The summed E-state index contributed by atoms with van der Waals surface area (Å²) in [6.07, 6.45) is 10.8. The normalized spacial score (nSPS) is 30.3. The lowest BCUT2D eigenvalue weighted by Crippen LogP contribution is -2.41.